The number of unbranched alkanes of at least 4 members (excludes halogenated alkanes) is 56. The van der Waals surface area contributed by atoms with Crippen LogP contribution in [0, 0.1) is 13.8 Å². The number of nitrogens with zero attached hydrogens (tertiary/aromatic N) is 4. The van der Waals surface area contributed by atoms with E-state index in [2.05, 4.69) is 65.8 Å². The lowest BCUT2D eigenvalue weighted by molar-refractivity contribution is 0.393. The SMILES string of the molecule is CCCCCCCCCCCCCCCCCC1(CCCCCCCCCCCCCCCCC)c2cc3c(cc2-c2c1cc(C)c1nsnc21)C(CCCCCCCCCCCCCCCCC)(CCCCCCCCCCCCCCCCC)c1cc(C)c2nsnc2c1-3. The number of aromatic nitrogens is 4. The molecule has 2 heterocycles. The van der Waals surface area contributed by atoms with E-state index in [1.54, 1.807) is 22.3 Å². The molecular formula is C90H150N4S2. The topological polar surface area (TPSA) is 51.6 Å². The minimum Gasteiger partial charge on any atom is -0.173 e. The number of hydrogen-bond donors (Lipinski definition) is 0. The van der Waals surface area contributed by atoms with E-state index in [-0.39, 0.29) is 10.8 Å². The smallest absolute Gasteiger partial charge is 0.113 e. The maximum absolute atomic E-state index is 5.34. The van der Waals surface area contributed by atoms with Crippen molar-refractivity contribution in [1.29, 1.82) is 0 Å². The van der Waals surface area contributed by atoms with Crippen LogP contribution in [0.15, 0.2) is 24.3 Å². The van der Waals surface area contributed by atoms with Gasteiger partial charge in [-0.1, -0.05) is 425 Å². The summed E-state index contributed by atoms with van der Waals surface area (Å²) < 4.78 is 20.9. The average molecular weight is 1350 g/mol. The summed E-state index contributed by atoms with van der Waals surface area (Å²) in [6.45, 7) is 14.0. The van der Waals surface area contributed by atoms with Crippen LogP contribution in [0.3, 0.4) is 0 Å². The van der Waals surface area contributed by atoms with Crippen molar-refractivity contribution >= 4 is 45.5 Å². The summed E-state index contributed by atoms with van der Waals surface area (Å²) in [5.74, 6) is 0. The highest BCUT2D eigenvalue weighted by Crippen LogP contribution is 2.63. The van der Waals surface area contributed by atoms with Gasteiger partial charge in [0.25, 0.3) is 0 Å². The Bertz CT molecular complexity index is 2530. The molecule has 4 nitrogen and oxygen atoms in total. The molecule has 0 saturated carbocycles. The van der Waals surface area contributed by atoms with Crippen molar-refractivity contribution in [3.63, 3.8) is 0 Å². The second kappa shape index (κ2) is 49.0. The molecule has 6 heteroatoms. The lowest BCUT2D eigenvalue weighted by Gasteiger charge is -2.35. The molecule has 0 atom stereocenters. The fourth-order valence-corrected chi connectivity index (χ4v) is 19.3. The van der Waals surface area contributed by atoms with E-state index < -0.39 is 0 Å². The minimum atomic E-state index is -0.0482. The molecule has 2 aromatic heterocycles. The summed E-state index contributed by atoms with van der Waals surface area (Å²) in [5, 5.41) is 0. The molecule has 0 saturated heterocycles. The molecule has 2 aliphatic carbocycles. The molecule has 0 unspecified atom stereocenters. The number of benzene rings is 3. The van der Waals surface area contributed by atoms with E-state index in [0.29, 0.717) is 0 Å². The van der Waals surface area contributed by atoms with E-state index in [4.69, 9.17) is 17.5 Å². The zero-order valence-electron chi connectivity index (χ0n) is 64.2. The number of rotatable bonds is 64. The largest absolute Gasteiger partial charge is 0.173 e. The van der Waals surface area contributed by atoms with Crippen molar-refractivity contribution < 1.29 is 0 Å². The Hall–Kier alpha value is -2.70. The molecule has 0 aliphatic heterocycles. The van der Waals surface area contributed by atoms with Crippen LogP contribution in [-0.4, -0.2) is 17.5 Å². The first-order valence-electron chi connectivity index (χ1n) is 43.2. The lowest BCUT2D eigenvalue weighted by atomic mass is 9.68. The van der Waals surface area contributed by atoms with Crippen LogP contribution in [0.5, 0.6) is 0 Å². The van der Waals surface area contributed by atoms with Gasteiger partial charge in [0.05, 0.1) is 23.5 Å². The zero-order valence-corrected chi connectivity index (χ0v) is 65.8. The lowest BCUT2D eigenvalue weighted by Crippen LogP contribution is -2.27. The Morgan fingerprint density at radius 1 is 0.219 bits per heavy atom. The molecule has 0 spiro atoms. The third-order valence-corrected chi connectivity index (χ3v) is 25.1. The molecule has 96 heavy (non-hydrogen) atoms. The quantitative estimate of drug-likeness (QED) is 0.0364. The summed E-state index contributed by atoms with van der Waals surface area (Å²) in [6, 6.07) is 11.0. The molecule has 0 fully saturated rings. The third-order valence-electron chi connectivity index (χ3n) is 24.0. The fourth-order valence-electron chi connectivity index (χ4n) is 18.1. The maximum atomic E-state index is 5.34. The van der Waals surface area contributed by atoms with E-state index in [0.717, 1.165) is 11.0 Å². The van der Waals surface area contributed by atoms with Crippen LogP contribution >= 0.6 is 23.5 Å². The van der Waals surface area contributed by atoms with Crippen molar-refractivity contribution in [3.05, 3.63) is 57.6 Å². The molecule has 3 aromatic carbocycles. The zero-order chi connectivity index (χ0) is 67.4. The Labute approximate surface area is 602 Å². The predicted octanol–water partition coefficient (Wildman–Crippen LogP) is 31.9. The van der Waals surface area contributed by atoms with Gasteiger partial charge in [-0.25, -0.2) is 0 Å². The molecule has 0 bridgehead atoms. The number of fused-ring (bicyclic) bond motifs is 10. The minimum absolute atomic E-state index is 0.0482. The highest BCUT2D eigenvalue weighted by molar-refractivity contribution is 7.00. The van der Waals surface area contributed by atoms with E-state index >= 15 is 0 Å². The normalized spacial score (nSPS) is 13.6. The molecule has 5 aromatic rings. The van der Waals surface area contributed by atoms with Gasteiger partial charge in [-0.2, -0.15) is 17.5 Å². The highest BCUT2D eigenvalue weighted by atomic mass is 32.1. The van der Waals surface area contributed by atoms with Gasteiger partial charge < -0.3 is 0 Å². The molecule has 0 amide bonds. The van der Waals surface area contributed by atoms with Crippen LogP contribution in [-0.2, 0) is 10.8 Å². The van der Waals surface area contributed by atoms with Gasteiger partial charge in [0, 0.05) is 22.0 Å². The van der Waals surface area contributed by atoms with E-state index in [1.807, 2.05) is 0 Å². The second-order valence-electron chi connectivity index (χ2n) is 32.1. The van der Waals surface area contributed by atoms with Crippen molar-refractivity contribution in [3.8, 4) is 22.3 Å². The standard InChI is InChI=1S/C90H150N4S2/c1-7-11-15-19-23-27-31-35-39-43-47-51-55-59-63-67-89(68-64-60-56-52-48-44-40-36-32-28-24-20-16-12-8-2)79-73-78-80(74-77(79)83-81(89)71-75(5)85-87(83)93-95-91-85)90(82-72-76(6)86-88(84(78)82)94-96-92-86,69-65-61-57-53-49-45-41-37-33-29-25-21-17-13-9-3)70-66-62-58-54-50-46-42-38-34-30-26-22-18-14-10-4/h71-74H,7-70H2,1-6H3. The summed E-state index contributed by atoms with van der Waals surface area (Å²) in [6.07, 6.45) is 89.2. The summed E-state index contributed by atoms with van der Waals surface area (Å²) in [4.78, 5) is 0. The van der Waals surface area contributed by atoms with Gasteiger partial charge in [-0.05, 0) is 96.2 Å². The van der Waals surface area contributed by atoms with Crippen molar-refractivity contribution in [2.75, 3.05) is 0 Å². The van der Waals surface area contributed by atoms with Crippen molar-refractivity contribution in [1.82, 2.24) is 17.5 Å². The second-order valence-corrected chi connectivity index (χ2v) is 33.1. The first kappa shape index (κ1) is 80.6. The van der Waals surface area contributed by atoms with Gasteiger partial charge in [-0.15, -0.1) is 0 Å². The molecule has 2 aliphatic rings. The van der Waals surface area contributed by atoms with Gasteiger partial charge in [0.15, 0.2) is 0 Å². The van der Waals surface area contributed by atoms with Crippen LogP contribution < -0.4 is 0 Å². The summed E-state index contributed by atoms with van der Waals surface area (Å²) >= 11 is 2.89. The van der Waals surface area contributed by atoms with Gasteiger partial charge in [0.2, 0.25) is 0 Å². The van der Waals surface area contributed by atoms with Crippen molar-refractivity contribution in [2.24, 2.45) is 0 Å². The number of hydrogen-bond acceptors (Lipinski definition) is 6. The van der Waals surface area contributed by atoms with E-state index in [1.165, 1.54) is 479 Å². The maximum Gasteiger partial charge on any atom is 0.113 e. The Morgan fingerprint density at radius 3 is 0.594 bits per heavy atom. The molecular weight excluding hydrogens is 1200 g/mol. The summed E-state index contributed by atoms with van der Waals surface area (Å²) in [5.41, 5.74) is 19.5. The Balaban J connectivity index is 1.12. The molecule has 542 valence electrons. The molecule has 7 rings (SSSR count). The predicted molar refractivity (Wildman–Crippen MR) is 428 cm³/mol. The van der Waals surface area contributed by atoms with Crippen LogP contribution in [0.2, 0.25) is 0 Å². The van der Waals surface area contributed by atoms with Crippen LogP contribution in [0.1, 0.15) is 472 Å². The molecule has 0 N–H and O–H groups in total. The monoisotopic (exact) mass is 1350 g/mol. The van der Waals surface area contributed by atoms with Gasteiger partial charge >= 0.3 is 0 Å². The van der Waals surface area contributed by atoms with Crippen LogP contribution in [0.4, 0.5) is 0 Å². The number of aryl methyl sites for hydroxylation is 2. The van der Waals surface area contributed by atoms with E-state index in [9.17, 15) is 0 Å². The van der Waals surface area contributed by atoms with Crippen LogP contribution in [0.25, 0.3) is 44.3 Å². The summed E-state index contributed by atoms with van der Waals surface area (Å²) in [7, 11) is 0. The average Bonchev–Trinajstić information content (AvgIpc) is 1.52. The fraction of sp³-hybridized carbons (Fsp3) is 0.800. The molecule has 0 radical (unpaired) electrons. The van der Waals surface area contributed by atoms with Crippen molar-refractivity contribution in [2.45, 2.75) is 463 Å². The first-order valence-corrected chi connectivity index (χ1v) is 44.6. The first-order chi connectivity index (χ1) is 47.5. The highest BCUT2D eigenvalue weighted by Gasteiger charge is 2.49. The Kier molecular flexibility index (Phi) is 41.1. The third kappa shape index (κ3) is 26.0. The van der Waals surface area contributed by atoms with Gasteiger partial charge in [0.1, 0.15) is 22.1 Å². The van der Waals surface area contributed by atoms with Gasteiger partial charge in [-0.3, -0.25) is 0 Å². The Morgan fingerprint density at radius 2 is 0.396 bits per heavy atom.